The molecule has 0 saturated heterocycles. The molecule has 22 heavy (non-hydrogen) atoms. The number of hydrogen-bond acceptors (Lipinski definition) is 5. The molecule has 0 unspecified atom stereocenters. The summed E-state index contributed by atoms with van der Waals surface area (Å²) in [5, 5.41) is 7.78. The summed E-state index contributed by atoms with van der Waals surface area (Å²) in [4.78, 5) is 22.3. The van der Waals surface area contributed by atoms with Gasteiger partial charge in [0, 0.05) is 29.0 Å². The van der Waals surface area contributed by atoms with E-state index in [4.69, 9.17) is 0 Å². The van der Waals surface area contributed by atoms with Crippen molar-refractivity contribution in [3.63, 3.8) is 0 Å². The maximum atomic E-state index is 12.6. The van der Waals surface area contributed by atoms with Crippen LogP contribution in [0.3, 0.4) is 0 Å². The van der Waals surface area contributed by atoms with E-state index in [9.17, 15) is 4.79 Å². The molecular weight excluding hydrogens is 296 g/mol. The quantitative estimate of drug-likeness (QED) is 0.670. The predicted molar refractivity (Wildman–Crippen MR) is 87.5 cm³/mol. The fraction of sp³-hybridized carbons (Fsp3) is 0.312. The highest BCUT2D eigenvalue weighted by atomic mass is 32.1. The topological polar surface area (TPSA) is 66.9 Å². The zero-order valence-electron chi connectivity index (χ0n) is 11.8. The van der Waals surface area contributed by atoms with E-state index in [1.165, 1.54) is 17.8 Å². The Labute approximate surface area is 130 Å². The van der Waals surface area contributed by atoms with Crippen molar-refractivity contribution in [3.05, 3.63) is 29.4 Å². The first-order valence-electron chi connectivity index (χ1n) is 7.48. The van der Waals surface area contributed by atoms with Crippen LogP contribution in [0.25, 0.3) is 21.1 Å². The lowest BCUT2D eigenvalue weighted by Gasteiger charge is -2.41. The van der Waals surface area contributed by atoms with Crippen molar-refractivity contribution in [1.29, 1.82) is 0 Å². The number of fused-ring (bicyclic) bond motifs is 5. The minimum absolute atomic E-state index is 0.0398. The molecule has 5 nitrogen and oxygen atoms in total. The number of amides is 1. The van der Waals surface area contributed by atoms with Crippen LogP contribution in [0.1, 0.15) is 28.9 Å². The average molecular weight is 310 g/mol. The molecule has 0 radical (unpaired) electrons. The fourth-order valence-electron chi connectivity index (χ4n) is 3.45. The molecular formula is C16H14N4OS. The van der Waals surface area contributed by atoms with Gasteiger partial charge >= 0.3 is 0 Å². The molecule has 2 aliphatic rings. The summed E-state index contributed by atoms with van der Waals surface area (Å²) >= 11 is 1.53. The van der Waals surface area contributed by atoms with E-state index in [0.717, 1.165) is 51.1 Å². The lowest BCUT2D eigenvalue weighted by Crippen LogP contribution is -2.56. The summed E-state index contributed by atoms with van der Waals surface area (Å²) in [7, 11) is 0. The Kier molecular flexibility index (Phi) is 2.34. The third-order valence-corrected chi connectivity index (χ3v) is 5.94. The molecule has 2 aromatic heterocycles. The molecule has 0 atom stereocenters. The molecule has 3 aromatic rings. The van der Waals surface area contributed by atoms with Gasteiger partial charge in [0.1, 0.15) is 4.88 Å². The van der Waals surface area contributed by atoms with Crippen LogP contribution in [0.15, 0.2) is 24.5 Å². The molecule has 1 spiro atoms. The van der Waals surface area contributed by atoms with Crippen molar-refractivity contribution in [3.8, 4) is 0 Å². The van der Waals surface area contributed by atoms with Crippen LogP contribution in [-0.2, 0) is 0 Å². The van der Waals surface area contributed by atoms with Crippen LogP contribution < -0.4 is 10.6 Å². The zero-order valence-corrected chi connectivity index (χ0v) is 12.7. The molecule has 1 saturated carbocycles. The van der Waals surface area contributed by atoms with Gasteiger partial charge in [0.05, 0.1) is 22.3 Å². The Hall–Kier alpha value is -2.21. The lowest BCUT2D eigenvalue weighted by atomic mass is 9.77. The van der Waals surface area contributed by atoms with Crippen molar-refractivity contribution >= 4 is 44.1 Å². The number of carbonyl (C=O) groups excluding carboxylic acids is 1. The van der Waals surface area contributed by atoms with Crippen molar-refractivity contribution in [2.45, 2.75) is 24.8 Å². The number of anilines is 1. The Morgan fingerprint density at radius 2 is 2.05 bits per heavy atom. The number of nitrogens with one attached hydrogen (secondary N) is 2. The van der Waals surface area contributed by atoms with Crippen LogP contribution in [0.5, 0.6) is 0 Å². The Morgan fingerprint density at radius 1 is 1.18 bits per heavy atom. The molecule has 1 fully saturated rings. The summed E-state index contributed by atoms with van der Waals surface area (Å²) in [6.45, 7) is 0.786. The Morgan fingerprint density at radius 3 is 2.86 bits per heavy atom. The monoisotopic (exact) mass is 310 g/mol. The maximum Gasteiger partial charge on any atom is 0.264 e. The highest BCUT2D eigenvalue weighted by Crippen LogP contribution is 2.43. The smallest absolute Gasteiger partial charge is 0.264 e. The third-order valence-electron chi connectivity index (χ3n) is 4.79. The van der Waals surface area contributed by atoms with E-state index in [-0.39, 0.29) is 11.4 Å². The van der Waals surface area contributed by atoms with E-state index in [2.05, 4.69) is 20.6 Å². The number of nitrogens with zero attached hydrogens (tertiary/aromatic N) is 2. The zero-order chi connectivity index (χ0) is 14.7. The van der Waals surface area contributed by atoms with Gasteiger partial charge in [-0.15, -0.1) is 11.3 Å². The second kappa shape index (κ2) is 4.16. The molecule has 1 aliphatic carbocycles. The van der Waals surface area contributed by atoms with Gasteiger partial charge in [0.15, 0.2) is 0 Å². The summed E-state index contributed by atoms with van der Waals surface area (Å²) in [5.41, 5.74) is 2.59. The van der Waals surface area contributed by atoms with E-state index < -0.39 is 0 Å². The van der Waals surface area contributed by atoms with Gasteiger partial charge in [-0.25, -0.2) is 0 Å². The largest absolute Gasteiger partial charge is 0.381 e. The average Bonchev–Trinajstić information content (AvgIpc) is 2.82. The number of aromatic nitrogens is 2. The Balaban J connectivity index is 1.78. The highest BCUT2D eigenvalue weighted by Gasteiger charge is 2.41. The van der Waals surface area contributed by atoms with Gasteiger partial charge in [-0.1, -0.05) is 0 Å². The van der Waals surface area contributed by atoms with Crippen molar-refractivity contribution in [2.24, 2.45) is 0 Å². The van der Waals surface area contributed by atoms with Gasteiger partial charge in [-0.05, 0) is 31.4 Å². The van der Waals surface area contributed by atoms with Crippen LogP contribution in [0.4, 0.5) is 5.69 Å². The summed E-state index contributed by atoms with van der Waals surface area (Å²) in [6.07, 6.45) is 6.70. The van der Waals surface area contributed by atoms with Crippen molar-refractivity contribution < 1.29 is 4.79 Å². The molecule has 1 aliphatic heterocycles. The van der Waals surface area contributed by atoms with Crippen molar-refractivity contribution in [1.82, 2.24) is 15.3 Å². The molecule has 0 bridgehead atoms. The minimum Gasteiger partial charge on any atom is -0.381 e. The molecule has 1 aromatic carbocycles. The third kappa shape index (κ3) is 1.56. The molecule has 2 N–H and O–H groups in total. The number of rotatable bonds is 0. The fourth-order valence-corrected chi connectivity index (χ4v) is 4.53. The highest BCUT2D eigenvalue weighted by molar-refractivity contribution is 7.21. The first-order valence-corrected chi connectivity index (χ1v) is 8.30. The van der Waals surface area contributed by atoms with Crippen LogP contribution >= 0.6 is 11.3 Å². The number of hydrogen-bond donors (Lipinski definition) is 2. The van der Waals surface area contributed by atoms with Gasteiger partial charge < -0.3 is 10.6 Å². The van der Waals surface area contributed by atoms with Gasteiger partial charge in [0.25, 0.3) is 5.91 Å². The van der Waals surface area contributed by atoms with Crippen LogP contribution in [0, 0.1) is 0 Å². The second-order valence-corrected chi connectivity index (χ2v) is 7.16. The number of thiophene rings is 1. The van der Waals surface area contributed by atoms with Gasteiger partial charge in [0.2, 0.25) is 0 Å². The molecule has 5 rings (SSSR count). The van der Waals surface area contributed by atoms with Gasteiger partial charge in [-0.2, -0.15) is 0 Å². The standard InChI is InChI=1S/C16H14N4OS/c21-15-14-13(19-8-16(20-15)4-1-5-16)11-10(22-14)3-2-9-12(11)18-7-6-17-9/h2-3,6-7,19H,1,4-5,8H2,(H,20,21). The molecule has 110 valence electrons. The first kappa shape index (κ1) is 12.3. The summed E-state index contributed by atoms with van der Waals surface area (Å²) < 4.78 is 1.07. The second-order valence-electron chi connectivity index (χ2n) is 6.11. The Bertz CT molecular complexity index is 928. The SMILES string of the molecule is O=C1NC2(CCC2)CNc2c1sc1ccc3nccnc3c21. The first-order chi connectivity index (χ1) is 10.8. The van der Waals surface area contributed by atoms with Crippen molar-refractivity contribution in [2.75, 3.05) is 11.9 Å². The number of benzene rings is 1. The van der Waals surface area contributed by atoms with E-state index in [0.29, 0.717) is 0 Å². The molecule has 6 heteroatoms. The summed E-state index contributed by atoms with van der Waals surface area (Å²) in [5.74, 6) is 0.0398. The molecule has 3 heterocycles. The van der Waals surface area contributed by atoms with Crippen LogP contribution in [0.2, 0.25) is 0 Å². The predicted octanol–water partition coefficient (Wildman–Crippen LogP) is 2.92. The van der Waals surface area contributed by atoms with E-state index in [1.807, 2.05) is 12.1 Å². The normalized spacial score (nSPS) is 19.4. The van der Waals surface area contributed by atoms with E-state index in [1.54, 1.807) is 12.4 Å². The molecule has 1 amide bonds. The minimum atomic E-state index is -0.0571. The lowest BCUT2D eigenvalue weighted by molar-refractivity contribution is 0.0855. The number of carbonyl (C=O) groups is 1. The summed E-state index contributed by atoms with van der Waals surface area (Å²) in [6, 6.07) is 3.99. The maximum absolute atomic E-state index is 12.6. The van der Waals surface area contributed by atoms with E-state index >= 15 is 0 Å². The van der Waals surface area contributed by atoms with Gasteiger partial charge in [-0.3, -0.25) is 14.8 Å². The van der Waals surface area contributed by atoms with Crippen LogP contribution in [-0.4, -0.2) is 28.0 Å².